The molecular weight excluding hydrogens is 506 g/mol. The summed E-state index contributed by atoms with van der Waals surface area (Å²) in [6.07, 6.45) is 2.12. The molecule has 3 atom stereocenters. The normalized spacial score (nSPS) is 18.1. The van der Waals surface area contributed by atoms with Crippen molar-refractivity contribution in [3.63, 3.8) is 0 Å². The van der Waals surface area contributed by atoms with Crippen molar-refractivity contribution in [1.82, 2.24) is 4.98 Å². The molecule has 1 aliphatic rings. The van der Waals surface area contributed by atoms with Crippen molar-refractivity contribution in [3.05, 3.63) is 85.8 Å². The lowest BCUT2D eigenvalue weighted by Crippen LogP contribution is -2.48. The Balaban J connectivity index is 1.35. The number of nitrogens with zero attached hydrogens (tertiary/aromatic N) is 2. The molecule has 1 N–H and O–H groups in total. The van der Waals surface area contributed by atoms with Crippen molar-refractivity contribution in [2.24, 2.45) is 0 Å². The van der Waals surface area contributed by atoms with E-state index in [0.29, 0.717) is 22.5 Å². The molecule has 0 amide bonds. The Hall–Kier alpha value is -3.91. The second-order valence-electron chi connectivity index (χ2n) is 9.71. The van der Waals surface area contributed by atoms with Gasteiger partial charge in [0.15, 0.2) is 0 Å². The maximum atomic E-state index is 12.6. The van der Waals surface area contributed by atoms with E-state index in [9.17, 15) is 14.4 Å². The van der Waals surface area contributed by atoms with Gasteiger partial charge in [0.25, 0.3) is 10.9 Å². The number of halogens is 1. The lowest BCUT2D eigenvalue weighted by Gasteiger charge is -2.32. The number of nitrogens with one attached hydrogen (secondary N) is 1. The van der Waals surface area contributed by atoms with Gasteiger partial charge >= 0.3 is 5.97 Å². The predicted molar refractivity (Wildman–Crippen MR) is 148 cm³/mol. The van der Waals surface area contributed by atoms with Crippen LogP contribution in [0.5, 0.6) is 11.6 Å². The van der Waals surface area contributed by atoms with Gasteiger partial charge in [-0.15, -0.1) is 0 Å². The molecule has 2 heterocycles. The zero-order valence-electron chi connectivity index (χ0n) is 21.4. The number of methoxy groups -OCH3 is 1. The second kappa shape index (κ2) is 10.5. The summed E-state index contributed by atoms with van der Waals surface area (Å²) in [4.78, 5) is 43.9. The third-order valence-electron chi connectivity index (χ3n) is 7.15. The van der Waals surface area contributed by atoms with Gasteiger partial charge in [-0.05, 0) is 61.9 Å². The lowest BCUT2D eigenvalue weighted by atomic mass is 10.0. The molecule has 5 rings (SSSR count). The molecule has 0 saturated carbocycles. The van der Waals surface area contributed by atoms with E-state index in [-0.39, 0.29) is 24.2 Å². The third kappa shape index (κ3) is 4.84. The second-order valence-corrected chi connectivity index (χ2v) is 10.1. The summed E-state index contributed by atoms with van der Waals surface area (Å²) in [5.74, 6) is 0.424. The Bertz CT molecular complexity index is 1550. The van der Waals surface area contributed by atoms with Gasteiger partial charge in [0.2, 0.25) is 5.88 Å². The van der Waals surface area contributed by atoms with Crippen LogP contribution in [0, 0.1) is 0 Å². The van der Waals surface area contributed by atoms with E-state index in [1.165, 1.54) is 7.11 Å². The highest BCUT2D eigenvalue weighted by molar-refractivity contribution is 6.30. The zero-order valence-corrected chi connectivity index (χ0v) is 22.1. The standard InChI is InChI=1S/C29H28ClN3O5/c1-16-8-9-17(2)33(16)25-24(26(34)27(25)35)31-22(29(36)37-3)14-18-10-12-20(13-11-18)38-28-21-7-5-4-6-19(21)15-23(30)32-28/h4-7,10-13,15-17,22,31H,8-9,14H2,1-3H3. The number of fused-ring (bicyclic) bond motifs is 1. The summed E-state index contributed by atoms with van der Waals surface area (Å²) < 4.78 is 11.0. The van der Waals surface area contributed by atoms with Crippen molar-refractivity contribution < 1.29 is 14.3 Å². The summed E-state index contributed by atoms with van der Waals surface area (Å²) in [5.41, 5.74) is 0.245. The van der Waals surface area contributed by atoms with Crippen molar-refractivity contribution >= 4 is 39.7 Å². The van der Waals surface area contributed by atoms with Gasteiger partial charge in [-0.3, -0.25) is 9.59 Å². The molecule has 3 aromatic carbocycles. The van der Waals surface area contributed by atoms with Crippen LogP contribution in [0.3, 0.4) is 0 Å². The van der Waals surface area contributed by atoms with Crippen molar-refractivity contribution in [2.45, 2.75) is 51.2 Å². The topological polar surface area (TPSA) is 97.8 Å². The molecule has 1 aromatic heterocycles. The molecule has 8 nitrogen and oxygen atoms in total. The van der Waals surface area contributed by atoms with Crippen LogP contribution in [0.25, 0.3) is 10.8 Å². The Kier molecular flexibility index (Phi) is 7.08. The van der Waals surface area contributed by atoms with Crippen LogP contribution in [0.2, 0.25) is 5.15 Å². The Morgan fingerprint density at radius 2 is 1.76 bits per heavy atom. The molecule has 9 heteroatoms. The molecule has 1 aliphatic heterocycles. The van der Waals surface area contributed by atoms with Crippen LogP contribution in [0.4, 0.5) is 11.4 Å². The van der Waals surface area contributed by atoms with E-state index in [2.05, 4.69) is 10.3 Å². The van der Waals surface area contributed by atoms with E-state index in [1.54, 1.807) is 18.2 Å². The number of esters is 1. The zero-order chi connectivity index (χ0) is 27.0. The number of hydrogen-bond acceptors (Lipinski definition) is 8. The highest BCUT2D eigenvalue weighted by Gasteiger charge is 2.37. The van der Waals surface area contributed by atoms with E-state index in [4.69, 9.17) is 21.1 Å². The first-order chi connectivity index (χ1) is 18.3. The number of carbonyl (C=O) groups excluding carboxylic acids is 1. The largest absolute Gasteiger partial charge is 0.467 e. The summed E-state index contributed by atoms with van der Waals surface area (Å²) >= 11 is 6.17. The molecule has 3 unspecified atom stereocenters. The van der Waals surface area contributed by atoms with Crippen molar-refractivity contribution in [3.8, 4) is 11.6 Å². The van der Waals surface area contributed by atoms with Gasteiger partial charge in [0, 0.05) is 23.9 Å². The third-order valence-corrected chi connectivity index (χ3v) is 7.35. The van der Waals surface area contributed by atoms with Gasteiger partial charge in [0.1, 0.15) is 28.3 Å². The Morgan fingerprint density at radius 1 is 1.08 bits per heavy atom. The molecule has 1 fully saturated rings. The van der Waals surface area contributed by atoms with Crippen molar-refractivity contribution in [2.75, 3.05) is 17.3 Å². The van der Waals surface area contributed by atoms with Crippen LogP contribution in [0.1, 0.15) is 32.3 Å². The Morgan fingerprint density at radius 3 is 2.45 bits per heavy atom. The SMILES string of the molecule is COC(=O)C(Cc1ccc(Oc2nc(Cl)cc3ccccc23)cc1)Nc1c(N2C(C)CCC2C)c(=O)c1=O. The number of benzene rings is 2. The van der Waals surface area contributed by atoms with Gasteiger partial charge in [0.05, 0.1) is 7.11 Å². The fourth-order valence-electron chi connectivity index (χ4n) is 5.16. The molecule has 0 bridgehead atoms. The fourth-order valence-corrected chi connectivity index (χ4v) is 5.35. The summed E-state index contributed by atoms with van der Waals surface area (Å²) in [5, 5.41) is 5.10. The number of ether oxygens (including phenoxy) is 2. The molecule has 0 radical (unpaired) electrons. The number of carbonyl (C=O) groups is 1. The summed E-state index contributed by atoms with van der Waals surface area (Å²) in [6.45, 7) is 4.07. The number of hydrogen-bond donors (Lipinski definition) is 1. The Labute approximate surface area is 224 Å². The molecular formula is C29H28ClN3O5. The molecule has 4 aromatic rings. The van der Waals surface area contributed by atoms with Gasteiger partial charge in [-0.25, -0.2) is 9.78 Å². The van der Waals surface area contributed by atoms with E-state index in [1.807, 2.05) is 55.1 Å². The minimum absolute atomic E-state index is 0.143. The van der Waals surface area contributed by atoms with Gasteiger partial charge < -0.3 is 19.7 Å². The smallest absolute Gasteiger partial charge is 0.328 e. The van der Waals surface area contributed by atoms with E-state index in [0.717, 1.165) is 29.2 Å². The first-order valence-corrected chi connectivity index (χ1v) is 12.9. The number of pyridine rings is 1. The van der Waals surface area contributed by atoms with Crippen molar-refractivity contribution in [1.29, 1.82) is 0 Å². The average Bonchev–Trinajstić information content (AvgIpc) is 3.24. The fraction of sp³-hybridized carbons (Fsp3) is 0.310. The highest BCUT2D eigenvalue weighted by atomic mass is 35.5. The quantitative estimate of drug-likeness (QED) is 0.195. The maximum absolute atomic E-state index is 12.6. The maximum Gasteiger partial charge on any atom is 0.328 e. The number of anilines is 2. The minimum atomic E-state index is -0.847. The highest BCUT2D eigenvalue weighted by Crippen LogP contribution is 2.33. The summed E-state index contributed by atoms with van der Waals surface area (Å²) in [6, 6.07) is 16.1. The first-order valence-electron chi connectivity index (χ1n) is 12.5. The van der Waals surface area contributed by atoms with Crippen LogP contribution in [0.15, 0.2) is 64.2 Å². The van der Waals surface area contributed by atoms with Crippen LogP contribution >= 0.6 is 11.6 Å². The number of rotatable bonds is 8. The minimum Gasteiger partial charge on any atom is -0.467 e. The van der Waals surface area contributed by atoms with Gasteiger partial charge in [-0.2, -0.15) is 0 Å². The van der Waals surface area contributed by atoms with E-state index >= 15 is 0 Å². The predicted octanol–water partition coefficient (Wildman–Crippen LogP) is 4.85. The van der Waals surface area contributed by atoms with Crippen LogP contribution < -0.4 is 25.8 Å². The average molecular weight is 534 g/mol. The van der Waals surface area contributed by atoms with Crippen LogP contribution in [-0.2, 0) is 16.0 Å². The molecule has 0 aliphatic carbocycles. The van der Waals surface area contributed by atoms with Crippen LogP contribution in [-0.4, -0.2) is 36.2 Å². The molecule has 196 valence electrons. The first kappa shape index (κ1) is 25.7. The lowest BCUT2D eigenvalue weighted by molar-refractivity contribution is -0.141. The van der Waals surface area contributed by atoms with E-state index < -0.39 is 22.9 Å². The summed E-state index contributed by atoms with van der Waals surface area (Å²) in [7, 11) is 1.30. The van der Waals surface area contributed by atoms with Gasteiger partial charge in [-0.1, -0.05) is 41.9 Å². The monoisotopic (exact) mass is 533 g/mol. The molecule has 0 spiro atoms. The number of aromatic nitrogens is 1. The molecule has 38 heavy (non-hydrogen) atoms. The molecule has 1 saturated heterocycles.